The molecule has 0 radical (unpaired) electrons. The summed E-state index contributed by atoms with van der Waals surface area (Å²) in [6, 6.07) is 13.6. The lowest BCUT2D eigenvalue weighted by atomic mass is 9.99. The molecular formula is C22H21ClN6OS. The molecule has 2 aromatic carbocycles. The number of carbonyl (C=O) groups excluding carboxylic acids is 1. The summed E-state index contributed by atoms with van der Waals surface area (Å²) in [5, 5.41) is 8.86. The van der Waals surface area contributed by atoms with Gasteiger partial charge < -0.3 is 5.32 Å². The van der Waals surface area contributed by atoms with Crippen LogP contribution in [0.3, 0.4) is 0 Å². The van der Waals surface area contributed by atoms with Crippen molar-refractivity contribution in [3.63, 3.8) is 0 Å². The highest BCUT2D eigenvalue weighted by Gasteiger charge is 2.25. The van der Waals surface area contributed by atoms with Crippen molar-refractivity contribution in [1.82, 2.24) is 24.6 Å². The molecule has 31 heavy (non-hydrogen) atoms. The first-order chi connectivity index (χ1) is 15.2. The molecule has 0 saturated carbocycles. The van der Waals surface area contributed by atoms with Gasteiger partial charge in [-0.15, -0.1) is 11.3 Å². The fourth-order valence-electron chi connectivity index (χ4n) is 4.00. The number of fused-ring (bicyclic) bond motifs is 1. The van der Waals surface area contributed by atoms with E-state index in [4.69, 9.17) is 16.6 Å². The Hall–Kier alpha value is -2.81. The zero-order valence-electron chi connectivity index (χ0n) is 16.7. The first kappa shape index (κ1) is 20.1. The van der Waals surface area contributed by atoms with E-state index < -0.39 is 0 Å². The Labute approximate surface area is 188 Å². The number of anilines is 1. The van der Waals surface area contributed by atoms with Gasteiger partial charge in [-0.25, -0.2) is 14.6 Å². The average Bonchev–Trinajstić information content (AvgIpc) is 3.44. The zero-order valence-corrected chi connectivity index (χ0v) is 18.3. The smallest absolute Gasteiger partial charge is 0.238 e. The topological polar surface area (TPSA) is 75.9 Å². The van der Waals surface area contributed by atoms with E-state index in [1.54, 1.807) is 34.5 Å². The Morgan fingerprint density at radius 1 is 1.26 bits per heavy atom. The summed E-state index contributed by atoms with van der Waals surface area (Å²) in [6.45, 7) is 2.06. The van der Waals surface area contributed by atoms with Gasteiger partial charge in [0.05, 0.1) is 33.1 Å². The summed E-state index contributed by atoms with van der Waals surface area (Å²) in [5.41, 5.74) is 2.39. The van der Waals surface area contributed by atoms with Crippen LogP contribution in [-0.4, -0.2) is 50.2 Å². The molecule has 0 unspecified atom stereocenters. The summed E-state index contributed by atoms with van der Waals surface area (Å²) >= 11 is 7.92. The summed E-state index contributed by atoms with van der Waals surface area (Å²) in [5.74, 6) is 0.282. The largest absolute Gasteiger partial charge is 0.323 e. The number of hydrogen-bond acceptors (Lipinski definition) is 6. The van der Waals surface area contributed by atoms with Crippen molar-refractivity contribution >= 4 is 44.7 Å². The Morgan fingerprint density at radius 3 is 3.00 bits per heavy atom. The third-order valence-corrected chi connectivity index (χ3v) is 6.86. The van der Waals surface area contributed by atoms with Gasteiger partial charge in [0.25, 0.3) is 0 Å². The SMILES string of the molecule is O=C(CN1CCC[C@@H](c2nc3ccccc3s2)C1)Nc1cc(Cl)ccc1-n1cncn1. The number of hydrogen-bond donors (Lipinski definition) is 1. The number of nitrogens with zero attached hydrogens (tertiary/aromatic N) is 5. The molecule has 1 saturated heterocycles. The Morgan fingerprint density at radius 2 is 2.16 bits per heavy atom. The number of nitrogens with one attached hydrogen (secondary N) is 1. The van der Waals surface area contributed by atoms with Crippen LogP contribution in [0.5, 0.6) is 0 Å². The minimum Gasteiger partial charge on any atom is -0.323 e. The van der Waals surface area contributed by atoms with Crippen LogP contribution in [0.15, 0.2) is 55.1 Å². The fraction of sp³-hybridized carbons (Fsp3) is 0.273. The maximum atomic E-state index is 12.8. The van der Waals surface area contributed by atoms with Crippen molar-refractivity contribution < 1.29 is 4.79 Å². The summed E-state index contributed by atoms with van der Waals surface area (Å²) in [6.07, 6.45) is 5.19. The molecule has 1 N–H and O–H groups in total. The highest BCUT2D eigenvalue weighted by molar-refractivity contribution is 7.18. The highest BCUT2D eigenvalue weighted by atomic mass is 35.5. The second-order valence-electron chi connectivity index (χ2n) is 7.64. The van der Waals surface area contributed by atoms with Crippen molar-refractivity contribution in [2.75, 3.05) is 25.0 Å². The number of carbonyl (C=O) groups is 1. The van der Waals surface area contributed by atoms with Gasteiger partial charge >= 0.3 is 0 Å². The second kappa shape index (κ2) is 8.74. The molecule has 158 valence electrons. The van der Waals surface area contributed by atoms with E-state index in [1.807, 2.05) is 18.2 Å². The number of benzene rings is 2. The number of rotatable bonds is 5. The van der Waals surface area contributed by atoms with Crippen LogP contribution in [0.25, 0.3) is 15.9 Å². The number of para-hydroxylation sites is 1. The van der Waals surface area contributed by atoms with E-state index in [9.17, 15) is 4.79 Å². The molecule has 1 aliphatic heterocycles. The molecule has 5 rings (SSSR count). The third-order valence-electron chi connectivity index (χ3n) is 5.43. The van der Waals surface area contributed by atoms with Crippen molar-refractivity contribution in [1.29, 1.82) is 0 Å². The molecule has 1 amide bonds. The van der Waals surface area contributed by atoms with Crippen LogP contribution in [0.4, 0.5) is 5.69 Å². The maximum absolute atomic E-state index is 12.8. The van der Waals surface area contributed by atoms with Crippen LogP contribution in [-0.2, 0) is 4.79 Å². The normalized spacial score (nSPS) is 17.1. The van der Waals surface area contributed by atoms with Crippen LogP contribution in [0.2, 0.25) is 5.02 Å². The fourth-order valence-corrected chi connectivity index (χ4v) is 5.26. The van der Waals surface area contributed by atoms with E-state index in [-0.39, 0.29) is 5.91 Å². The molecule has 1 atom stereocenters. The molecule has 1 aliphatic rings. The van der Waals surface area contributed by atoms with Gasteiger partial charge in [-0.05, 0) is 49.7 Å². The van der Waals surface area contributed by atoms with E-state index >= 15 is 0 Å². The van der Waals surface area contributed by atoms with Crippen molar-refractivity contribution in [3.8, 4) is 5.69 Å². The molecule has 0 bridgehead atoms. The first-order valence-electron chi connectivity index (χ1n) is 10.2. The van der Waals surface area contributed by atoms with Crippen molar-refractivity contribution in [2.45, 2.75) is 18.8 Å². The third kappa shape index (κ3) is 4.46. The number of piperidine rings is 1. The van der Waals surface area contributed by atoms with E-state index in [2.05, 4.69) is 32.4 Å². The minimum absolute atomic E-state index is 0.0754. The monoisotopic (exact) mass is 452 g/mol. The summed E-state index contributed by atoms with van der Waals surface area (Å²) in [4.78, 5) is 23.9. The second-order valence-corrected chi connectivity index (χ2v) is 9.14. The number of amides is 1. The van der Waals surface area contributed by atoms with Crippen LogP contribution in [0, 0.1) is 0 Å². The molecule has 4 aromatic rings. The lowest BCUT2D eigenvalue weighted by Crippen LogP contribution is -2.39. The van der Waals surface area contributed by atoms with Gasteiger partial charge in [0.2, 0.25) is 5.91 Å². The minimum atomic E-state index is -0.0754. The van der Waals surface area contributed by atoms with E-state index in [0.717, 1.165) is 42.1 Å². The van der Waals surface area contributed by atoms with Crippen LogP contribution >= 0.6 is 22.9 Å². The Bertz CT molecular complexity index is 1170. The lowest BCUT2D eigenvalue weighted by molar-refractivity contribution is -0.117. The Balaban J connectivity index is 1.27. The molecule has 7 nitrogen and oxygen atoms in total. The summed E-state index contributed by atoms with van der Waals surface area (Å²) in [7, 11) is 0. The number of aromatic nitrogens is 4. The average molecular weight is 453 g/mol. The quantitative estimate of drug-likeness (QED) is 0.487. The van der Waals surface area contributed by atoms with Gasteiger partial charge in [0, 0.05) is 17.5 Å². The van der Waals surface area contributed by atoms with Gasteiger partial charge in [-0.2, -0.15) is 5.10 Å². The van der Waals surface area contributed by atoms with Gasteiger partial charge in [-0.3, -0.25) is 9.69 Å². The lowest BCUT2D eigenvalue weighted by Gasteiger charge is -2.31. The Kier molecular flexibility index (Phi) is 5.67. The molecular weight excluding hydrogens is 432 g/mol. The predicted molar refractivity (Wildman–Crippen MR) is 123 cm³/mol. The molecule has 2 aromatic heterocycles. The number of thiazole rings is 1. The molecule has 0 aliphatic carbocycles. The van der Waals surface area contributed by atoms with E-state index in [1.165, 1.54) is 11.0 Å². The maximum Gasteiger partial charge on any atom is 0.238 e. The standard InChI is InChI=1S/C22H21ClN6OS/c23-16-7-8-19(29-14-24-13-25-29)18(10-16)26-21(30)12-28-9-3-4-15(11-28)22-27-17-5-1-2-6-20(17)31-22/h1-2,5-8,10,13-15H,3-4,9,11-12H2,(H,26,30)/t15-/m1/s1. The highest BCUT2D eigenvalue weighted by Crippen LogP contribution is 2.33. The number of likely N-dealkylation sites (tertiary alicyclic amines) is 1. The van der Waals surface area contributed by atoms with Crippen LogP contribution < -0.4 is 5.32 Å². The molecule has 1 fully saturated rings. The van der Waals surface area contributed by atoms with Gasteiger partial charge in [0.15, 0.2) is 0 Å². The van der Waals surface area contributed by atoms with Gasteiger partial charge in [0.1, 0.15) is 12.7 Å². The van der Waals surface area contributed by atoms with Crippen molar-refractivity contribution in [2.24, 2.45) is 0 Å². The van der Waals surface area contributed by atoms with Crippen LogP contribution in [0.1, 0.15) is 23.8 Å². The van der Waals surface area contributed by atoms with Gasteiger partial charge in [-0.1, -0.05) is 23.7 Å². The van der Waals surface area contributed by atoms with Crippen molar-refractivity contribution in [3.05, 3.63) is 65.1 Å². The van der Waals surface area contributed by atoms with E-state index in [0.29, 0.717) is 23.2 Å². The summed E-state index contributed by atoms with van der Waals surface area (Å²) < 4.78 is 2.82. The zero-order chi connectivity index (χ0) is 21.2. The predicted octanol–water partition coefficient (Wildman–Crippen LogP) is 4.35. The molecule has 9 heteroatoms. The molecule has 3 heterocycles. The number of halogens is 1. The molecule has 0 spiro atoms. The first-order valence-corrected chi connectivity index (χ1v) is 11.4.